The fourth-order valence-electron chi connectivity index (χ4n) is 1.92. The molecule has 0 aliphatic carbocycles. The van der Waals surface area contributed by atoms with Crippen molar-refractivity contribution >= 4 is 0 Å². The molecule has 14 heavy (non-hydrogen) atoms. The molecule has 0 bridgehead atoms. The molecule has 0 saturated heterocycles. The van der Waals surface area contributed by atoms with E-state index in [-0.39, 0.29) is 0 Å². The summed E-state index contributed by atoms with van der Waals surface area (Å²) in [6, 6.07) is 0.353. The van der Waals surface area contributed by atoms with Crippen LogP contribution in [0, 0.1) is 0 Å². The molecule has 2 heterocycles. The molecule has 0 fully saturated rings. The minimum atomic E-state index is 0.353. The van der Waals surface area contributed by atoms with Crippen LogP contribution >= 0.6 is 0 Å². The molecule has 1 aliphatic heterocycles. The quantitative estimate of drug-likeness (QED) is 0.788. The SMILES string of the molecule is CCCCc1nnc2n1CCNC2C. The number of hydrogen-bond acceptors (Lipinski definition) is 3. The maximum Gasteiger partial charge on any atom is 0.149 e. The zero-order valence-electron chi connectivity index (χ0n) is 8.95. The molecule has 78 valence electrons. The lowest BCUT2D eigenvalue weighted by Crippen LogP contribution is -2.32. The first-order valence-corrected chi connectivity index (χ1v) is 5.48. The predicted molar refractivity (Wildman–Crippen MR) is 55.1 cm³/mol. The Morgan fingerprint density at radius 2 is 2.36 bits per heavy atom. The van der Waals surface area contributed by atoms with E-state index in [9.17, 15) is 0 Å². The summed E-state index contributed by atoms with van der Waals surface area (Å²) in [6.45, 7) is 6.40. The summed E-state index contributed by atoms with van der Waals surface area (Å²) in [5, 5.41) is 11.9. The summed E-state index contributed by atoms with van der Waals surface area (Å²) < 4.78 is 2.27. The maximum atomic E-state index is 4.26. The lowest BCUT2D eigenvalue weighted by atomic mass is 10.2. The summed E-state index contributed by atoms with van der Waals surface area (Å²) in [6.07, 6.45) is 3.49. The second-order valence-corrected chi connectivity index (χ2v) is 3.91. The van der Waals surface area contributed by atoms with Gasteiger partial charge in [-0.15, -0.1) is 10.2 Å². The van der Waals surface area contributed by atoms with Crippen molar-refractivity contribution in [1.29, 1.82) is 0 Å². The van der Waals surface area contributed by atoms with Crippen LogP contribution in [0.1, 0.15) is 44.4 Å². The molecule has 1 unspecified atom stereocenters. The number of hydrogen-bond donors (Lipinski definition) is 1. The minimum Gasteiger partial charge on any atom is -0.312 e. The molecule has 0 aromatic carbocycles. The predicted octanol–water partition coefficient (Wildman–Crippen LogP) is 1.28. The van der Waals surface area contributed by atoms with Crippen molar-refractivity contribution in [3.63, 3.8) is 0 Å². The fraction of sp³-hybridized carbons (Fsp3) is 0.800. The third-order valence-corrected chi connectivity index (χ3v) is 2.78. The average molecular weight is 194 g/mol. The molecular formula is C10H18N4. The van der Waals surface area contributed by atoms with Crippen LogP contribution < -0.4 is 5.32 Å². The van der Waals surface area contributed by atoms with Crippen molar-refractivity contribution in [2.75, 3.05) is 6.54 Å². The van der Waals surface area contributed by atoms with Gasteiger partial charge in [0, 0.05) is 19.5 Å². The first kappa shape index (κ1) is 9.65. The van der Waals surface area contributed by atoms with Crippen molar-refractivity contribution in [2.24, 2.45) is 0 Å². The molecule has 1 N–H and O–H groups in total. The zero-order valence-corrected chi connectivity index (χ0v) is 8.95. The van der Waals surface area contributed by atoms with Gasteiger partial charge in [0.05, 0.1) is 6.04 Å². The van der Waals surface area contributed by atoms with Crippen LogP contribution in [0.2, 0.25) is 0 Å². The normalized spacial score (nSPS) is 20.9. The molecule has 0 radical (unpaired) electrons. The van der Waals surface area contributed by atoms with Gasteiger partial charge < -0.3 is 9.88 Å². The highest BCUT2D eigenvalue weighted by Gasteiger charge is 2.20. The largest absolute Gasteiger partial charge is 0.312 e. The molecule has 1 atom stereocenters. The van der Waals surface area contributed by atoms with Gasteiger partial charge in [-0.2, -0.15) is 0 Å². The second-order valence-electron chi connectivity index (χ2n) is 3.91. The lowest BCUT2D eigenvalue weighted by molar-refractivity contribution is 0.428. The number of nitrogens with zero attached hydrogens (tertiary/aromatic N) is 3. The van der Waals surface area contributed by atoms with Crippen LogP contribution in [0.4, 0.5) is 0 Å². The zero-order chi connectivity index (χ0) is 9.97. The van der Waals surface area contributed by atoms with Gasteiger partial charge in [-0.05, 0) is 13.3 Å². The van der Waals surface area contributed by atoms with Crippen molar-refractivity contribution in [2.45, 2.75) is 45.7 Å². The molecule has 1 aromatic rings. The highest BCUT2D eigenvalue weighted by Crippen LogP contribution is 2.16. The Morgan fingerprint density at radius 1 is 1.50 bits per heavy atom. The van der Waals surface area contributed by atoms with Gasteiger partial charge in [0.2, 0.25) is 0 Å². The molecule has 0 amide bonds. The summed E-state index contributed by atoms with van der Waals surface area (Å²) in [7, 11) is 0. The minimum absolute atomic E-state index is 0.353. The molecule has 1 aliphatic rings. The number of aryl methyl sites for hydroxylation is 1. The first-order chi connectivity index (χ1) is 6.83. The van der Waals surface area contributed by atoms with Crippen LogP contribution in [-0.2, 0) is 13.0 Å². The number of aromatic nitrogens is 3. The van der Waals surface area contributed by atoms with E-state index in [0.29, 0.717) is 6.04 Å². The van der Waals surface area contributed by atoms with E-state index in [4.69, 9.17) is 0 Å². The summed E-state index contributed by atoms with van der Waals surface area (Å²) in [5.74, 6) is 2.26. The average Bonchev–Trinajstić information content (AvgIpc) is 2.60. The molecule has 4 heteroatoms. The van der Waals surface area contributed by atoms with Gasteiger partial charge in [-0.1, -0.05) is 13.3 Å². The van der Waals surface area contributed by atoms with Crippen molar-refractivity contribution in [1.82, 2.24) is 20.1 Å². The molecular weight excluding hydrogens is 176 g/mol. The van der Waals surface area contributed by atoms with E-state index < -0.39 is 0 Å². The van der Waals surface area contributed by atoms with E-state index in [2.05, 4.69) is 33.9 Å². The smallest absolute Gasteiger partial charge is 0.149 e. The number of fused-ring (bicyclic) bond motifs is 1. The van der Waals surface area contributed by atoms with E-state index >= 15 is 0 Å². The fourth-order valence-corrected chi connectivity index (χ4v) is 1.92. The van der Waals surface area contributed by atoms with Crippen LogP contribution in [0.15, 0.2) is 0 Å². The van der Waals surface area contributed by atoms with Crippen LogP contribution in [-0.4, -0.2) is 21.3 Å². The third-order valence-electron chi connectivity index (χ3n) is 2.78. The Balaban J connectivity index is 2.18. The Kier molecular flexibility index (Phi) is 2.82. The lowest BCUT2D eigenvalue weighted by Gasteiger charge is -2.21. The monoisotopic (exact) mass is 194 g/mol. The highest BCUT2D eigenvalue weighted by molar-refractivity contribution is 5.03. The Hall–Kier alpha value is -0.900. The van der Waals surface area contributed by atoms with Crippen LogP contribution in [0.3, 0.4) is 0 Å². The van der Waals surface area contributed by atoms with Gasteiger partial charge in [0.25, 0.3) is 0 Å². The first-order valence-electron chi connectivity index (χ1n) is 5.48. The van der Waals surface area contributed by atoms with E-state index in [1.165, 1.54) is 12.8 Å². The van der Waals surface area contributed by atoms with Gasteiger partial charge in [-0.25, -0.2) is 0 Å². The van der Waals surface area contributed by atoms with Crippen LogP contribution in [0.25, 0.3) is 0 Å². The van der Waals surface area contributed by atoms with E-state index in [1.54, 1.807) is 0 Å². The number of nitrogens with one attached hydrogen (secondary N) is 1. The topological polar surface area (TPSA) is 42.7 Å². The van der Waals surface area contributed by atoms with E-state index in [0.717, 1.165) is 31.2 Å². The van der Waals surface area contributed by atoms with Crippen molar-refractivity contribution in [3.05, 3.63) is 11.6 Å². The Bertz CT molecular complexity index is 305. The van der Waals surface area contributed by atoms with E-state index in [1.807, 2.05) is 0 Å². The second kappa shape index (κ2) is 4.09. The maximum absolute atomic E-state index is 4.26. The molecule has 2 rings (SSSR count). The third kappa shape index (κ3) is 1.66. The van der Waals surface area contributed by atoms with Crippen molar-refractivity contribution in [3.8, 4) is 0 Å². The van der Waals surface area contributed by atoms with Crippen LogP contribution in [0.5, 0.6) is 0 Å². The number of rotatable bonds is 3. The van der Waals surface area contributed by atoms with Crippen molar-refractivity contribution < 1.29 is 0 Å². The van der Waals surface area contributed by atoms with Gasteiger partial charge in [0.1, 0.15) is 11.6 Å². The number of unbranched alkanes of at least 4 members (excludes halogenated alkanes) is 1. The molecule has 1 aromatic heterocycles. The molecule has 0 saturated carbocycles. The molecule has 4 nitrogen and oxygen atoms in total. The highest BCUT2D eigenvalue weighted by atomic mass is 15.3. The summed E-state index contributed by atoms with van der Waals surface area (Å²) in [5.41, 5.74) is 0. The van der Waals surface area contributed by atoms with Gasteiger partial charge >= 0.3 is 0 Å². The Morgan fingerprint density at radius 3 is 3.14 bits per heavy atom. The molecule has 0 spiro atoms. The van der Waals surface area contributed by atoms with Gasteiger partial charge in [-0.3, -0.25) is 0 Å². The Labute approximate surface area is 84.7 Å². The summed E-state index contributed by atoms with van der Waals surface area (Å²) in [4.78, 5) is 0. The summed E-state index contributed by atoms with van der Waals surface area (Å²) >= 11 is 0. The van der Waals surface area contributed by atoms with Gasteiger partial charge in [0.15, 0.2) is 0 Å². The standard InChI is InChI=1S/C10H18N4/c1-3-4-5-9-12-13-10-8(2)11-6-7-14(9)10/h8,11H,3-7H2,1-2H3.